The summed E-state index contributed by atoms with van der Waals surface area (Å²) in [5, 5.41) is 9.44. The molecule has 0 radical (unpaired) electrons. The SMILES string of the molecule is CS(=O)(=O)NCC(CO)Cc1c(F)cccc1Cl. The quantitative estimate of drug-likeness (QED) is 0.828. The molecule has 0 spiro atoms. The second-order valence-electron chi connectivity index (χ2n) is 4.07. The van der Waals surface area contributed by atoms with Gasteiger partial charge in [0.15, 0.2) is 0 Å². The van der Waals surface area contributed by atoms with E-state index in [-0.39, 0.29) is 30.2 Å². The molecule has 102 valence electrons. The van der Waals surface area contributed by atoms with Gasteiger partial charge >= 0.3 is 0 Å². The van der Waals surface area contributed by atoms with Crippen LogP contribution in [0.25, 0.3) is 0 Å². The lowest BCUT2D eigenvalue weighted by Gasteiger charge is -2.15. The molecule has 1 rings (SSSR count). The lowest BCUT2D eigenvalue weighted by molar-refractivity contribution is 0.226. The van der Waals surface area contributed by atoms with Crippen molar-refractivity contribution in [1.82, 2.24) is 4.72 Å². The molecule has 1 aromatic carbocycles. The molecule has 0 aliphatic carbocycles. The summed E-state index contributed by atoms with van der Waals surface area (Å²) in [5.74, 6) is -0.880. The molecule has 1 unspecified atom stereocenters. The molecule has 0 saturated carbocycles. The van der Waals surface area contributed by atoms with Crippen molar-refractivity contribution in [3.63, 3.8) is 0 Å². The van der Waals surface area contributed by atoms with Crippen molar-refractivity contribution < 1.29 is 17.9 Å². The number of halogens is 2. The lowest BCUT2D eigenvalue weighted by Crippen LogP contribution is -2.31. The first-order chi connectivity index (χ1) is 8.33. The van der Waals surface area contributed by atoms with E-state index in [1.54, 1.807) is 6.07 Å². The molecule has 18 heavy (non-hydrogen) atoms. The molecule has 0 aliphatic heterocycles. The molecular formula is C11H15ClFNO3S. The van der Waals surface area contributed by atoms with Crippen molar-refractivity contribution in [2.45, 2.75) is 6.42 Å². The topological polar surface area (TPSA) is 66.4 Å². The number of hydrogen-bond donors (Lipinski definition) is 2. The van der Waals surface area contributed by atoms with Crippen molar-refractivity contribution in [3.05, 3.63) is 34.6 Å². The minimum atomic E-state index is -3.33. The van der Waals surface area contributed by atoms with Gasteiger partial charge in [-0.15, -0.1) is 0 Å². The zero-order valence-electron chi connectivity index (χ0n) is 9.86. The minimum absolute atomic E-state index is 0.0417. The van der Waals surface area contributed by atoms with Crippen LogP contribution in [0.3, 0.4) is 0 Å². The van der Waals surface area contributed by atoms with E-state index >= 15 is 0 Å². The van der Waals surface area contributed by atoms with Crippen molar-refractivity contribution >= 4 is 21.6 Å². The van der Waals surface area contributed by atoms with Gasteiger partial charge in [0.05, 0.1) is 6.26 Å². The van der Waals surface area contributed by atoms with Gasteiger partial charge in [-0.1, -0.05) is 17.7 Å². The summed E-state index contributed by atoms with van der Waals surface area (Å²) in [5.41, 5.74) is 0.286. The zero-order chi connectivity index (χ0) is 13.8. The Hall–Kier alpha value is -0.690. The van der Waals surface area contributed by atoms with E-state index in [2.05, 4.69) is 4.72 Å². The summed E-state index contributed by atoms with van der Waals surface area (Å²) in [6.45, 7) is -0.215. The maximum Gasteiger partial charge on any atom is 0.208 e. The first-order valence-corrected chi connectivity index (χ1v) is 7.59. The van der Waals surface area contributed by atoms with Gasteiger partial charge < -0.3 is 5.11 Å². The normalized spacial score (nSPS) is 13.6. The number of sulfonamides is 1. The monoisotopic (exact) mass is 295 g/mol. The fourth-order valence-electron chi connectivity index (χ4n) is 1.49. The average molecular weight is 296 g/mol. The van der Waals surface area contributed by atoms with Gasteiger partial charge in [0.1, 0.15) is 5.82 Å². The summed E-state index contributed by atoms with van der Waals surface area (Å²) in [7, 11) is -3.33. The van der Waals surface area contributed by atoms with E-state index in [1.807, 2.05) is 0 Å². The Bertz CT molecular complexity index is 487. The van der Waals surface area contributed by atoms with Gasteiger partial charge in [0.2, 0.25) is 10.0 Å². The van der Waals surface area contributed by atoms with Gasteiger partial charge in [-0.2, -0.15) is 0 Å². The molecule has 0 aromatic heterocycles. The van der Waals surface area contributed by atoms with Crippen LogP contribution < -0.4 is 4.72 Å². The molecular weight excluding hydrogens is 281 g/mol. The number of benzene rings is 1. The van der Waals surface area contributed by atoms with E-state index in [1.165, 1.54) is 12.1 Å². The first kappa shape index (κ1) is 15.4. The first-order valence-electron chi connectivity index (χ1n) is 5.32. The Balaban J connectivity index is 2.74. The predicted octanol–water partition coefficient (Wildman–Crippen LogP) is 1.18. The summed E-state index contributed by atoms with van der Waals surface area (Å²) in [4.78, 5) is 0. The van der Waals surface area contributed by atoms with Gasteiger partial charge in [-0.3, -0.25) is 0 Å². The van der Waals surface area contributed by atoms with Crippen LogP contribution in [0.1, 0.15) is 5.56 Å². The Kier molecular flexibility index (Phi) is 5.52. The summed E-state index contributed by atoms with van der Waals surface area (Å²) in [6.07, 6.45) is 1.20. The number of hydrogen-bond acceptors (Lipinski definition) is 3. The van der Waals surface area contributed by atoms with Crippen LogP contribution in [-0.2, 0) is 16.4 Å². The van der Waals surface area contributed by atoms with Gasteiger partial charge in [-0.05, 0) is 24.5 Å². The number of aliphatic hydroxyl groups excluding tert-OH is 1. The van der Waals surface area contributed by atoms with Crippen LogP contribution in [-0.4, -0.2) is 32.9 Å². The van der Waals surface area contributed by atoms with Gasteiger partial charge in [-0.25, -0.2) is 17.5 Å². The van der Waals surface area contributed by atoms with Crippen LogP contribution in [0.4, 0.5) is 4.39 Å². The highest BCUT2D eigenvalue weighted by Crippen LogP contribution is 2.22. The second-order valence-corrected chi connectivity index (χ2v) is 6.31. The standard InChI is InChI=1S/C11H15ClFNO3S/c1-18(16,17)14-6-8(7-15)5-9-10(12)3-2-4-11(9)13/h2-4,8,14-15H,5-7H2,1H3. The van der Waals surface area contributed by atoms with Crippen molar-refractivity contribution in [2.24, 2.45) is 5.92 Å². The van der Waals surface area contributed by atoms with Crippen molar-refractivity contribution in [1.29, 1.82) is 0 Å². The van der Waals surface area contributed by atoms with Crippen LogP contribution in [0, 0.1) is 11.7 Å². The molecule has 0 aliphatic rings. The molecule has 0 heterocycles. The molecule has 1 atom stereocenters. The molecule has 4 nitrogen and oxygen atoms in total. The largest absolute Gasteiger partial charge is 0.396 e. The second kappa shape index (κ2) is 6.47. The van der Waals surface area contributed by atoms with E-state index in [0.717, 1.165) is 6.26 Å². The molecule has 0 fully saturated rings. The van der Waals surface area contributed by atoms with E-state index in [9.17, 15) is 12.8 Å². The highest BCUT2D eigenvalue weighted by molar-refractivity contribution is 7.88. The highest BCUT2D eigenvalue weighted by Gasteiger charge is 2.15. The van der Waals surface area contributed by atoms with Gasteiger partial charge in [0, 0.05) is 23.7 Å². The molecule has 0 saturated heterocycles. The van der Waals surface area contributed by atoms with Crippen molar-refractivity contribution in [3.8, 4) is 0 Å². The lowest BCUT2D eigenvalue weighted by atomic mass is 10.00. The zero-order valence-corrected chi connectivity index (χ0v) is 11.4. The van der Waals surface area contributed by atoms with E-state index in [4.69, 9.17) is 16.7 Å². The maximum atomic E-state index is 13.5. The number of aliphatic hydroxyl groups is 1. The Morgan fingerprint density at radius 1 is 1.50 bits per heavy atom. The Morgan fingerprint density at radius 3 is 2.67 bits per heavy atom. The molecule has 7 heteroatoms. The third-order valence-electron chi connectivity index (χ3n) is 2.45. The van der Waals surface area contributed by atoms with E-state index in [0.29, 0.717) is 0 Å². The van der Waals surface area contributed by atoms with Crippen LogP contribution in [0.15, 0.2) is 18.2 Å². The molecule has 1 aromatic rings. The highest BCUT2D eigenvalue weighted by atomic mass is 35.5. The summed E-state index contributed by atoms with van der Waals surface area (Å²) < 4.78 is 37.7. The average Bonchev–Trinajstić information content (AvgIpc) is 2.26. The minimum Gasteiger partial charge on any atom is -0.396 e. The van der Waals surface area contributed by atoms with Gasteiger partial charge in [0.25, 0.3) is 0 Å². The summed E-state index contributed by atoms with van der Waals surface area (Å²) in [6, 6.07) is 4.32. The Labute approximate surface area is 111 Å². The smallest absolute Gasteiger partial charge is 0.208 e. The van der Waals surface area contributed by atoms with E-state index < -0.39 is 21.8 Å². The molecule has 0 bridgehead atoms. The molecule has 0 amide bonds. The van der Waals surface area contributed by atoms with Crippen molar-refractivity contribution in [2.75, 3.05) is 19.4 Å². The third-order valence-corrected chi connectivity index (χ3v) is 3.49. The third kappa shape index (κ3) is 4.89. The fraction of sp³-hybridized carbons (Fsp3) is 0.455. The fourth-order valence-corrected chi connectivity index (χ4v) is 2.27. The number of nitrogens with one attached hydrogen (secondary N) is 1. The Morgan fingerprint density at radius 2 is 2.17 bits per heavy atom. The summed E-state index contributed by atoms with van der Waals surface area (Å²) >= 11 is 5.86. The van der Waals surface area contributed by atoms with Crippen LogP contribution >= 0.6 is 11.6 Å². The molecule has 2 N–H and O–H groups in total. The predicted molar refractivity (Wildman–Crippen MR) is 68.5 cm³/mol. The number of rotatable bonds is 6. The maximum absolute atomic E-state index is 13.5. The van der Waals surface area contributed by atoms with Crippen LogP contribution in [0.5, 0.6) is 0 Å². The van der Waals surface area contributed by atoms with Crippen LogP contribution in [0.2, 0.25) is 5.02 Å².